The molecule has 1 aromatic rings. The van der Waals surface area contributed by atoms with Gasteiger partial charge in [-0.25, -0.2) is 0 Å². The lowest BCUT2D eigenvalue weighted by molar-refractivity contribution is -0.304. The number of esters is 1. The van der Waals surface area contributed by atoms with Crippen LogP contribution in [0.2, 0.25) is 0 Å². The molecule has 0 amide bonds. The number of carbonyl (C=O) groups excluding carboxylic acids is 1. The molecule has 0 saturated carbocycles. The third-order valence-corrected chi connectivity index (χ3v) is 5.17. The van der Waals surface area contributed by atoms with E-state index in [1.165, 1.54) is 7.11 Å². The summed E-state index contributed by atoms with van der Waals surface area (Å²) in [6.07, 6.45) is 0.580. The number of halogens is 1. The Morgan fingerprint density at radius 3 is 2.32 bits per heavy atom. The lowest BCUT2D eigenvalue weighted by Gasteiger charge is -2.54. The third-order valence-electron chi connectivity index (χ3n) is 5.17. The fourth-order valence-corrected chi connectivity index (χ4v) is 4.03. The molecule has 5 nitrogen and oxygen atoms in total. The highest BCUT2D eigenvalue weighted by Gasteiger charge is 2.56. The van der Waals surface area contributed by atoms with Gasteiger partial charge in [0.15, 0.2) is 0 Å². The first-order valence-electron chi connectivity index (χ1n) is 8.47. The first kappa shape index (κ1) is 21.9. The minimum absolute atomic E-state index is 0. The minimum Gasteiger partial charge on any atom is -0.469 e. The average molecular weight is 370 g/mol. The second-order valence-electron chi connectivity index (χ2n) is 7.87. The van der Waals surface area contributed by atoms with Gasteiger partial charge in [0.2, 0.25) is 0 Å². The Morgan fingerprint density at radius 1 is 1.24 bits per heavy atom. The molecule has 1 radical (unpaired) electrons. The van der Waals surface area contributed by atoms with Crippen molar-refractivity contribution < 1.29 is 14.7 Å². The number of methoxy groups -OCH3 is 1. The largest absolute Gasteiger partial charge is 0.469 e. The van der Waals surface area contributed by atoms with Crippen LogP contribution in [0.5, 0.6) is 0 Å². The van der Waals surface area contributed by atoms with Gasteiger partial charge in [-0.3, -0.25) is 4.79 Å². The normalized spacial score (nSPS) is 26.4. The fraction of sp³-hybridized carbons (Fsp3) is 0.632. The summed E-state index contributed by atoms with van der Waals surface area (Å²) in [6, 6.07) is 10.0. The monoisotopic (exact) mass is 369 g/mol. The van der Waals surface area contributed by atoms with Crippen LogP contribution in [0.4, 0.5) is 0 Å². The summed E-state index contributed by atoms with van der Waals surface area (Å²) in [4.78, 5) is 12.4. The summed E-state index contributed by atoms with van der Waals surface area (Å²) in [5.41, 5.74) is -0.244. The van der Waals surface area contributed by atoms with Crippen molar-refractivity contribution in [2.45, 2.75) is 64.2 Å². The molecule has 0 aliphatic carbocycles. The van der Waals surface area contributed by atoms with Crippen molar-refractivity contribution in [3.63, 3.8) is 0 Å². The zero-order valence-corrected chi connectivity index (χ0v) is 16.7. The van der Waals surface area contributed by atoms with Gasteiger partial charge in [-0.15, -0.1) is 22.7 Å². The maximum absolute atomic E-state index is 12.8. The van der Waals surface area contributed by atoms with Gasteiger partial charge < -0.3 is 10.1 Å². The van der Waals surface area contributed by atoms with Crippen LogP contribution in [0, 0.1) is 5.92 Å². The maximum Gasteiger partial charge on any atom is 0.312 e. The Bertz CT molecular complexity index is 577. The number of hydrogen-bond acceptors (Lipinski definition) is 4. The van der Waals surface area contributed by atoms with E-state index in [0.29, 0.717) is 6.42 Å². The van der Waals surface area contributed by atoms with E-state index in [1.807, 2.05) is 45.9 Å². The molecule has 1 heterocycles. The van der Waals surface area contributed by atoms with Crippen LogP contribution >= 0.6 is 12.4 Å². The van der Waals surface area contributed by atoms with Gasteiger partial charge in [0, 0.05) is 17.6 Å². The number of ether oxygens (including phenoxy) is 1. The van der Waals surface area contributed by atoms with Crippen molar-refractivity contribution in [1.29, 1.82) is 0 Å². The van der Waals surface area contributed by atoms with E-state index < -0.39 is 17.0 Å². The van der Waals surface area contributed by atoms with Crippen molar-refractivity contribution >= 4 is 18.4 Å². The lowest BCUT2D eigenvalue weighted by Crippen LogP contribution is -2.69. The molecule has 0 spiro atoms. The summed E-state index contributed by atoms with van der Waals surface area (Å²) in [5, 5.41) is 17.4. The molecule has 1 saturated heterocycles. The quantitative estimate of drug-likeness (QED) is 0.825. The summed E-state index contributed by atoms with van der Waals surface area (Å²) in [5.74, 6) is -0.867. The number of piperidine rings is 1. The van der Waals surface area contributed by atoms with E-state index >= 15 is 0 Å². The topological polar surface area (TPSA) is 61.5 Å². The third kappa shape index (κ3) is 4.34. The van der Waals surface area contributed by atoms with Gasteiger partial charge in [-0.2, -0.15) is 0 Å². The average Bonchev–Trinajstić information content (AvgIpc) is 2.53. The minimum atomic E-state index is -0.844. The second kappa shape index (κ2) is 8.04. The lowest BCUT2D eigenvalue weighted by atomic mass is 9.70. The number of hydrogen-bond donors (Lipinski definition) is 1. The predicted octanol–water partition coefficient (Wildman–Crippen LogP) is 3.53. The summed E-state index contributed by atoms with van der Waals surface area (Å²) >= 11 is 0. The first-order valence-corrected chi connectivity index (χ1v) is 8.47. The molecule has 1 aliphatic heterocycles. The van der Waals surface area contributed by atoms with E-state index in [1.54, 1.807) is 0 Å². The fourth-order valence-electron chi connectivity index (χ4n) is 4.03. The Balaban J connectivity index is 0.00000312. The standard InChI is InChI=1S/C19H29N2O3.ClH/c1-13(14-10-8-7-9-11-14)20-15-12-18(2,3)21(23)19(4,5)16(15)17(22)24-6;/h7-11,13,15-16,20H,12H2,1-6H3;1H/t13-,15+,16-;/m0./s1. The number of carbonyl (C=O) groups is 1. The highest BCUT2D eigenvalue weighted by molar-refractivity contribution is 5.85. The number of nitrogens with zero attached hydrogens (tertiary/aromatic N) is 1. The van der Waals surface area contributed by atoms with E-state index in [-0.39, 0.29) is 30.5 Å². The van der Waals surface area contributed by atoms with Gasteiger partial charge in [-0.1, -0.05) is 30.3 Å². The van der Waals surface area contributed by atoms with Crippen LogP contribution in [-0.2, 0) is 14.7 Å². The van der Waals surface area contributed by atoms with Crippen molar-refractivity contribution in [3.8, 4) is 0 Å². The van der Waals surface area contributed by atoms with E-state index in [0.717, 1.165) is 10.6 Å². The van der Waals surface area contributed by atoms with Crippen molar-refractivity contribution in [1.82, 2.24) is 10.4 Å². The first-order chi connectivity index (χ1) is 11.1. The smallest absolute Gasteiger partial charge is 0.312 e. The molecule has 0 aromatic heterocycles. The highest BCUT2D eigenvalue weighted by Crippen LogP contribution is 2.42. The van der Waals surface area contributed by atoms with Gasteiger partial charge >= 0.3 is 5.97 Å². The molecule has 0 bridgehead atoms. The Kier molecular flexibility index (Phi) is 7.04. The zero-order valence-electron chi connectivity index (χ0n) is 15.9. The number of nitrogens with one attached hydrogen (secondary N) is 1. The van der Waals surface area contributed by atoms with E-state index in [2.05, 4.69) is 24.4 Å². The Hall–Kier alpha value is -1.14. The number of rotatable bonds is 4. The predicted molar refractivity (Wildman–Crippen MR) is 99.8 cm³/mol. The molecule has 6 heteroatoms. The molecule has 1 N–H and O–H groups in total. The van der Waals surface area contributed by atoms with Crippen molar-refractivity contribution in [3.05, 3.63) is 35.9 Å². The molecule has 141 valence electrons. The summed E-state index contributed by atoms with van der Waals surface area (Å²) < 4.78 is 5.01. The molecule has 1 fully saturated rings. The van der Waals surface area contributed by atoms with Gasteiger partial charge in [-0.05, 0) is 46.6 Å². The van der Waals surface area contributed by atoms with Crippen LogP contribution in [0.1, 0.15) is 52.6 Å². The van der Waals surface area contributed by atoms with Crippen LogP contribution < -0.4 is 5.32 Å². The van der Waals surface area contributed by atoms with E-state index in [4.69, 9.17) is 4.74 Å². The summed E-state index contributed by atoms with van der Waals surface area (Å²) in [6.45, 7) is 9.58. The van der Waals surface area contributed by atoms with Crippen LogP contribution in [0.3, 0.4) is 0 Å². The second-order valence-corrected chi connectivity index (χ2v) is 7.87. The Labute approximate surface area is 157 Å². The van der Waals surface area contributed by atoms with Gasteiger partial charge in [0.1, 0.15) is 0 Å². The molecule has 1 aromatic carbocycles. The van der Waals surface area contributed by atoms with Crippen molar-refractivity contribution in [2.24, 2.45) is 5.92 Å². The highest BCUT2D eigenvalue weighted by atomic mass is 35.5. The molecule has 25 heavy (non-hydrogen) atoms. The van der Waals surface area contributed by atoms with Crippen LogP contribution in [0.25, 0.3) is 0 Å². The molecule has 1 aliphatic rings. The molecule has 3 atom stereocenters. The van der Waals surface area contributed by atoms with Gasteiger partial charge in [0.25, 0.3) is 0 Å². The molecular weight excluding hydrogens is 340 g/mol. The molecule has 0 unspecified atom stereocenters. The Morgan fingerprint density at radius 2 is 1.80 bits per heavy atom. The SMILES string of the molecule is COC(=O)[C@@H]1[C@H](N[C@@H](C)c2ccccc2)CC(C)(C)N([O])C1(C)C.Cl. The van der Waals surface area contributed by atoms with E-state index in [9.17, 15) is 10.0 Å². The number of benzene rings is 1. The van der Waals surface area contributed by atoms with Gasteiger partial charge in [0.05, 0.1) is 18.6 Å². The zero-order chi connectivity index (χ0) is 18.1. The maximum atomic E-state index is 12.8. The number of hydroxylamine groups is 2. The molecular formula is C19H30ClN2O3. The molecule has 2 rings (SSSR count). The van der Waals surface area contributed by atoms with Crippen LogP contribution in [0.15, 0.2) is 30.3 Å². The van der Waals surface area contributed by atoms with Crippen LogP contribution in [-0.4, -0.2) is 35.3 Å². The summed E-state index contributed by atoms with van der Waals surface area (Å²) in [7, 11) is 1.38. The van der Waals surface area contributed by atoms with Crippen molar-refractivity contribution in [2.75, 3.05) is 7.11 Å².